The summed E-state index contributed by atoms with van der Waals surface area (Å²) < 4.78 is 0.948. The van der Waals surface area contributed by atoms with Gasteiger partial charge in [0, 0.05) is 14.0 Å². The molecule has 0 spiro atoms. The van der Waals surface area contributed by atoms with Crippen molar-refractivity contribution in [2.24, 2.45) is 0 Å². The van der Waals surface area contributed by atoms with Crippen LogP contribution in [0.4, 0.5) is 0 Å². The van der Waals surface area contributed by atoms with Crippen LogP contribution in [-0.4, -0.2) is 5.91 Å². The number of hydrogen-bond donors (Lipinski definition) is 1. The highest BCUT2D eigenvalue weighted by Gasteiger charge is 2.16. The fraction of sp³-hybridized carbons (Fsp3) is 0.267. The number of benzene rings is 1. The van der Waals surface area contributed by atoms with Gasteiger partial charge in [-0.15, -0.1) is 11.3 Å². The van der Waals surface area contributed by atoms with Crippen LogP contribution in [0.15, 0.2) is 35.7 Å². The summed E-state index contributed by atoms with van der Waals surface area (Å²) in [5.41, 5.74) is 0.605. The van der Waals surface area contributed by atoms with Gasteiger partial charge in [0.05, 0.1) is 11.1 Å². The summed E-state index contributed by atoms with van der Waals surface area (Å²) in [5.74, 6) is -0.0739. The van der Waals surface area contributed by atoms with Gasteiger partial charge in [-0.25, -0.2) is 0 Å². The van der Waals surface area contributed by atoms with E-state index >= 15 is 0 Å². The predicted molar refractivity (Wildman–Crippen MR) is 93.6 cm³/mol. The van der Waals surface area contributed by atoms with Crippen LogP contribution < -0.4 is 5.32 Å². The Morgan fingerprint density at radius 2 is 2.25 bits per heavy atom. The zero-order valence-electron chi connectivity index (χ0n) is 11.0. The van der Waals surface area contributed by atoms with Crippen molar-refractivity contribution in [2.45, 2.75) is 25.8 Å². The molecule has 1 N–H and O–H groups in total. The number of thiophene rings is 1. The molecule has 1 amide bonds. The van der Waals surface area contributed by atoms with Crippen LogP contribution in [0.3, 0.4) is 0 Å². The molecule has 0 radical (unpaired) electrons. The summed E-state index contributed by atoms with van der Waals surface area (Å²) in [6.45, 7) is 2.12. The average Bonchev–Trinajstić information content (AvgIpc) is 2.95. The van der Waals surface area contributed by atoms with Crippen LogP contribution in [-0.2, 0) is 0 Å². The van der Waals surface area contributed by atoms with E-state index in [0.717, 1.165) is 16.4 Å². The first-order valence-corrected chi connectivity index (χ1v) is 8.74. The standard InChI is InChI=1S/C15H15ClINOS/c1-2-4-13(14-5-3-8-20-14)18-15(19)10-6-7-12(17)11(16)9-10/h3,5-9,13H,2,4H2,1H3,(H,18,19). The summed E-state index contributed by atoms with van der Waals surface area (Å²) in [5, 5.41) is 5.74. The Labute approximate surface area is 141 Å². The number of carbonyl (C=O) groups excluding carboxylic acids is 1. The van der Waals surface area contributed by atoms with Gasteiger partial charge in [-0.3, -0.25) is 4.79 Å². The molecule has 1 atom stereocenters. The molecule has 0 saturated heterocycles. The van der Waals surface area contributed by atoms with Crippen molar-refractivity contribution in [1.82, 2.24) is 5.32 Å². The van der Waals surface area contributed by atoms with Crippen LogP contribution in [0.1, 0.15) is 41.0 Å². The van der Waals surface area contributed by atoms with Crippen LogP contribution in [0.5, 0.6) is 0 Å². The first kappa shape index (κ1) is 15.8. The molecule has 1 unspecified atom stereocenters. The minimum atomic E-state index is -0.0739. The summed E-state index contributed by atoms with van der Waals surface area (Å²) >= 11 is 9.89. The molecule has 0 saturated carbocycles. The lowest BCUT2D eigenvalue weighted by Crippen LogP contribution is -2.28. The lowest BCUT2D eigenvalue weighted by Gasteiger charge is -2.17. The summed E-state index contributed by atoms with van der Waals surface area (Å²) in [4.78, 5) is 13.5. The molecule has 0 aliphatic heterocycles. The zero-order valence-corrected chi connectivity index (χ0v) is 14.8. The number of carbonyl (C=O) groups is 1. The van der Waals surface area contributed by atoms with E-state index in [1.54, 1.807) is 23.5 Å². The Kier molecular flexibility index (Phi) is 5.86. The van der Waals surface area contributed by atoms with Crippen molar-refractivity contribution in [2.75, 3.05) is 0 Å². The first-order valence-electron chi connectivity index (χ1n) is 6.41. The highest BCUT2D eigenvalue weighted by atomic mass is 127. The fourth-order valence-corrected chi connectivity index (χ4v) is 3.27. The highest BCUT2D eigenvalue weighted by molar-refractivity contribution is 14.1. The third-order valence-electron chi connectivity index (χ3n) is 2.95. The lowest BCUT2D eigenvalue weighted by molar-refractivity contribution is 0.0935. The van der Waals surface area contributed by atoms with Gasteiger partial charge >= 0.3 is 0 Å². The molecular weight excluding hydrogens is 405 g/mol. The van der Waals surface area contributed by atoms with Crippen molar-refractivity contribution < 1.29 is 4.79 Å². The second-order valence-electron chi connectivity index (χ2n) is 4.46. The zero-order chi connectivity index (χ0) is 14.5. The molecule has 20 heavy (non-hydrogen) atoms. The van der Waals surface area contributed by atoms with Crippen molar-refractivity contribution in [1.29, 1.82) is 0 Å². The summed E-state index contributed by atoms with van der Waals surface area (Å²) in [6, 6.07) is 9.53. The summed E-state index contributed by atoms with van der Waals surface area (Å²) in [7, 11) is 0. The molecule has 0 aliphatic carbocycles. The molecule has 2 nitrogen and oxygen atoms in total. The van der Waals surface area contributed by atoms with Gasteiger partial charge in [-0.1, -0.05) is 31.0 Å². The van der Waals surface area contributed by atoms with Crippen molar-refractivity contribution in [3.8, 4) is 0 Å². The molecule has 0 fully saturated rings. The minimum Gasteiger partial charge on any atom is -0.344 e. The van der Waals surface area contributed by atoms with Crippen molar-refractivity contribution in [3.05, 3.63) is 54.7 Å². The van der Waals surface area contributed by atoms with E-state index in [9.17, 15) is 4.79 Å². The van der Waals surface area contributed by atoms with Crippen molar-refractivity contribution in [3.63, 3.8) is 0 Å². The highest BCUT2D eigenvalue weighted by Crippen LogP contribution is 2.24. The largest absolute Gasteiger partial charge is 0.344 e. The smallest absolute Gasteiger partial charge is 0.251 e. The molecule has 0 aliphatic rings. The van der Waals surface area contributed by atoms with E-state index < -0.39 is 0 Å². The topological polar surface area (TPSA) is 29.1 Å². The third-order valence-corrected chi connectivity index (χ3v) is 5.51. The Morgan fingerprint density at radius 1 is 1.45 bits per heavy atom. The molecule has 106 valence electrons. The van der Waals surface area contributed by atoms with E-state index in [0.29, 0.717) is 10.6 Å². The van der Waals surface area contributed by atoms with Crippen LogP contribution >= 0.6 is 45.5 Å². The van der Waals surface area contributed by atoms with E-state index in [4.69, 9.17) is 11.6 Å². The Bertz CT molecular complexity index is 586. The maximum absolute atomic E-state index is 12.3. The van der Waals surface area contributed by atoms with Gasteiger partial charge in [0.1, 0.15) is 0 Å². The molecule has 1 aromatic heterocycles. The Balaban J connectivity index is 2.13. The van der Waals surface area contributed by atoms with Gasteiger partial charge in [-0.2, -0.15) is 0 Å². The van der Waals surface area contributed by atoms with Crippen molar-refractivity contribution >= 4 is 51.4 Å². The van der Waals surface area contributed by atoms with Gasteiger partial charge in [0.25, 0.3) is 5.91 Å². The molecule has 2 rings (SSSR count). The van der Waals surface area contributed by atoms with Crippen LogP contribution in [0.25, 0.3) is 0 Å². The number of halogens is 2. The van der Waals surface area contributed by atoms with Gasteiger partial charge < -0.3 is 5.32 Å². The predicted octanol–water partition coefficient (Wildman–Crippen LogP) is 5.28. The number of hydrogen-bond acceptors (Lipinski definition) is 2. The summed E-state index contributed by atoms with van der Waals surface area (Å²) in [6.07, 6.45) is 1.96. The second kappa shape index (κ2) is 7.43. The molecule has 2 aromatic rings. The van der Waals surface area contributed by atoms with Gasteiger partial charge in [0.2, 0.25) is 0 Å². The van der Waals surface area contributed by atoms with Gasteiger partial charge in [-0.05, 0) is 58.7 Å². The third kappa shape index (κ3) is 3.96. The van der Waals surface area contributed by atoms with Crippen LogP contribution in [0.2, 0.25) is 5.02 Å². The first-order chi connectivity index (χ1) is 9.61. The Morgan fingerprint density at radius 3 is 2.85 bits per heavy atom. The monoisotopic (exact) mass is 419 g/mol. The maximum atomic E-state index is 12.3. The van der Waals surface area contributed by atoms with Gasteiger partial charge in [0.15, 0.2) is 0 Å². The number of nitrogens with one attached hydrogen (secondary N) is 1. The second-order valence-corrected chi connectivity index (χ2v) is 7.01. The van der Waals surface area contributed by atoms with E-state index in [2.05, 4.69) is 40.9 Å². The maximum Gasteiger partial charge on any atom is 0.251 e. The molecule has 0 bridgehead atoms. The number of rotatable bonds is 5. The average molecular weight is 420 g/mol. The SMILES string of the molecule is CCCC(NC(=O)c1ccc(I)c(Cl)c1)c1cccs1. The molecule has 5 heteroatoms. The fourth-order valence-electron chi connectivity index (χ4n) is 1.94. The van der Waals surface area contributed by atoms with Crippen LogP contribution in [0, 0.1) is 3.57 Å². The van der Waals surface area contributed by atoms with E-state index in [1.807, 2.05) is 17.5 Å². The normalized spacial score (nSPS) is 12.2. The molecular formula is C15H15ClINOS. The Hall–Kier alpha value is -0.590. The van der Waals surface area contributed by atoms with E-state index in [1.165, 1.54) is 4.88 Å². The molecule has 1 aromatic carbocycles. The number of amides is 1. The molecule has 1 heterocycles. The minimum absolute atomic E-state index is 0.0739. The van der Waals surface area contributed by atoms with E-state index in [-0.39, 0.29) is 11.9 Å². The lowest BCUT2D eigenvalue weighted by atomic mass is 10.1. The quantitative estimate of drug-likeness (QED) is 0.657.